The monoisotopic (exact) mass is 297 g/mol. The fourth-order valence-corrected chi connectivity index (χ4v) is 2.43. The molecule has 0 bridgehead atoms. The number of hydrogen-bond donors (Lipinski definition) is 0. The molecule has 4 nitrogen and oxygen atoms in total. The van der Waals surface area contributed by atoms with Gasteiger partial charge in [-0.1, -0.05) is 18.2 Å². The number of carbonyl (C=O) groups excluding carboxylic acids is 1. The smallest absolute Gasteiger partial charge is 0.260 e. The molecule has 0 saturated carbocycles. The van der Waals surface area contributed by atoms with Crippen molar-refractivity contribution in [2.75, 3.05) is 19.7 Å². The Morgan fingerprint density at radius 2 is 1.45 bits per heavy atom. The van der Waals surface area contributed by atoms with Gasteiger partial charge in [-0.05, 0) is 49.2 Å². The molecular formula is C18H19NO3. The average molecular weight is 297 g/mol. The first kappa shape index (κ1) is 14.4. The van der Waals surface area contributed by atoms with E-state index in [1.165, 1.54) is 0 Å². The molecule has 0 aliphatic carbocycles. The molecule has 2 aromatic rings. The number of nitrogens with zero attached hydrogens (tertiary/aromatic N) is 1. The van der Waals surface area contributed by atoms with E-state index in [0.29, 0.717) is 5.75 Å². The first-order valence-corrected chi connectivity index (χ1v) is 7.55. The summed E-state index contributed by atoms with van der Waals surface area (Å²) in [7, 11) is 0. The van der Waals surface area contributed by atoms with Crippen molar-refractivity contribution in [1.29, 1.82) is 0 Å². The highest BCUT2D eigenvalue weighted by Crippen LogP contribution is 2.23. The molecule has 0 aromatic heterocycles. The van der Waals surface area contributed by atoms with E-state index < -0.39 is 0 Å². The van der Waals surface area contributed by atoms with Gasteiger partial charge in [0.1, 0.15) is 17.2 Å². The molecule has 0 N–H and O–H groups in total. The number of benzene rings is 2. The Labute approximate surface area is 130 Å². The van der Waals surface area contributed by atoms with E-state index in [4.69, 9.17) is 9.47 Å². The molecule has 4 heteroatoms. The van der Waals surface area contributed by atoms with E-state index in [1.807, 2.05) is 59.5 Å². The molecule has 1 aliphatic heterocycles. The van der Waals surface area contributed by atoms with Crippen LogP contribution in [-0.2, 0) is 4.79 Å². The lowest BCUT2D eigenvalue weighted by Crippen LogP contribution is -2.32. The second-order valence-electron chi connectivity index (χ2n) is 5.26. The lowest BCUT2D eigenvalue weighted by Gasteiger charge is -2.15. The van der Waals surface area contributed by atoms with Gasteiger partial charge in [-0.15, -0.1) is 0 Å². The van der Waals surface area contributed by atoms with Gasteiger partial charge >= 0.3 is 0 Å². The van der Waals surface area contributed by atoms with Crippen molar-refractivity contribution in [3.8, 4) is 17.2 Å². The predicted octanol–water partition coefficient (Wildman–Crippen LogP) is 3.48. The van der Waals surface area contributed by atoms with Gasteiger partial charge in [-0.3, -0.25) is 4.79 Å². The Hall–Kier alpha value is -2.49. The molecule has 22 heavy (non-hydrogen) atoms. The summed E-state index contributed by atoms with van der Waals surface area (Å²) in [5.41, 5.74) is 0. The van der Waals surface area contributed by atoms with Crippen molar-refractivity contribution in [1.82, 2.24) is 4.90 Å². The zero-order valence-corrected chi connectivity index (χ0v) is 12.4. The third-order valence-electron chi connectivity index (χ3n) is 3.62. The first-order valence-electron chi connectivity index (χ1n) is 7.55. The highest BCUT2D eigenvalue weighted by molar-refractivity contribution is 5.78. The molecule has 2 aromatic carbocycles. The lowest BCUT2D eigenvalue weighted by atomic mass is 10.3. The molecule has 1 saturated heterocycles. The quantitative estimate of drug-likeness (QED) is 0.848. The third-order valence-corrected chi connectivity index (χ3v) is 3.62. The third kappa shape index (κ3) is 3.79. The van der Waals surface area contributed by atoms with Crippen molar-refractivity contribution in [3.63, 3.8) is 0 Å². The van der Waals surface area contributed by atoms with E-state index in [9.17, 15) is 4.79 Å². The number of ether oxygens (including phenoxy) is 2. The van der Waals surface area contributed by atoms with E-state index >= 15 is 0 Å². The van der Waals surface area contributed by atoms with Gasteiger partial charge in [0.2, 0.25) is 0 Å². The summed E-state index contributed by atoms with van der Waals surface area (Å²) in [6.07, 6.45) is 2.19. The van der Waals surface area contributed by atoms with Crippen LogP contribution in [0.3, 0.4) is 0 Å². The van der Waals surface area contributed by atoms with Crippen molar-refractivity contribution in [3.05, 3.63) is 54.6 Å². The van der Waals surface area contributed by atoms with E-state index in [2.05, 4.69) is 0 Å². The van der Waals surface area contributed by atoms with Crippen molar-refractivity contribution in [2.45, 2.75) is 12.8 Å². The van der Waals surface area contributed by atoms with Gasteiger partial charge in [-0.25, -0.2) is 0 Å². The summed E-state index contributed by atoms with van der Waals surface area (Å²) in [6.45, 7) is 1.80. The molecule has 0 radical (unpaired) electrons. The predicted molar refractivity (Wildman–Crippen MR) is 84.3 cm³/mol. The average Bonchev–Trinajstić information content (AvgIpc) is 3.09. The van der Waals surface area contributed by atoms with Gasteiger partial charge in [0, 0.05) is 13.1 Å². The van der Waals surface area contributed by atoms with Crippen LogP contribution in [0.15, 0.2) is 54.6 Å². The van der Waals surface area contributed by atoms with Gasteiger partial charge in [0.15, 0.2) is 6.61 Å². The van der Waals surface area contributed by atoms with Gasteiger partial charge < -0.3 is 14.4 Å². The maximum atomic E-state index is 11.9. The zero-order chi connectivity index (χ0) is 15.2. The highest BCUT2D eigenvalue weighted by atomic mass is 16.5. The van der Waals surface area contributed by atoms with Crippen LogP contribution >= 0.6 is 0 Å². The number of likely N-dealkylation sites (tertiary alicyclic amines) is 1. The van der Waals surface area contributed by atoms with Crippen LogP contribution in [0.4, 0.5) is 0 Å². The molecule has 1 fully saturated rings. The largest absolute Gasteiger partial charge is 0.484 e. The van der Waals surface area contributed by atoms with Crippen LogP contribution < -0.4 is 9.47 Å². The van der Waals surface area contributed by atoms with Crippen LogP contribution in [0.1, 0.15) is 12.8 Å². The van der Waals surface area contributed by atoms with E-state index in [0.717, 1.165) is 37.4 Å². The topological polar surface area (TPSA) is 38.8 Å². The van der Waals surface area contributed by atoms with Crippen LogP contribution in [0.5, 0.6) is 17.2 Å². The summed E-state index contributed by atoms with van der Waals surface area (Å²) in [5, 5.41) is 0. The molecule has 0 atom stereocenters. The Morgan fingerprint density at radius 3 is 2.14 bits per heavy atom. The normalized spacial score (nSPS) is 13.9. The maximum absolute atomic E-state index is 11.9. The maximum Gasteiger partial charge on any atom is 0.260 e. The summed E-state index contributed by atoms with van der Waals surface area (Å²) in [4.78, 5) is 13.8. The minimum absolute atomic E-state index is 0.0575. The van der Waals surface area contributed by atoms with Crippen LogP contribution in [0.25, 0.3) is 0 Å². The summed E-state index contributed by atoms with van der Waals surface area (Å²) < 4.78 is 11.2. The fraction of sp³-hybridized carbons (Fsp3) is 0.278. The number of carbonyl (C=O) groups is 1. The minimum atomic E-state index is 0.0575. The van der Waals surface area contributed by atoms with Crippen LogP contribution in [-0.4, -0.2) is 30.5 Å². The lowest BCUT2D eigenvalue weighted by molar-refractivity contribution is -0.132. The molecule has 1 amide bonds. The summed E-state index contributed by atoms with van der Waals surface area (Å²) in [5.74, 6) is 2.26. The Morgan fingerprint density at radius 1 is 0.864 bits per heavy atom. The first-order chi connectivity index (χ1) is 10.8. The van der Waals surface area contributed by atoms with Crippen molar-refractivity contribution >= 4 is 5.91 Å². The summed E-state index contributed by atoms with van der Waals surface area (Å²) >= 11 is 0. The molecular weight excluding hydrogens is 278 g/mol. The molecule has 0 unspecified atom stereocenters. The number of hydrogen-bond acceptors (Lipinski definition) is 3. The van der Waals surface area contributed by atoms with Gasteiger partial charge in [0.25, 0.3) is 5.91 Å². The molecule has 3 rings (SSSR count). The second-order valence-corrected chi connectivity index (χ2v) is 5.26. The summed E-state index contributed by atoms with van der Waals surface area (Å²) in [6, 6.07) is 16.9. The molecule has 1 heterocycles. The zero-order valence-electron chi connectivity index (χ0n) is 12.4. The van der Waals surface area contributed by atoms with Gasteiger partial charge in [-0.2, -0.15) is 0 Å². The molecule has 0 spiro atoms. The minimum Gasteiger partial charge on any atom is -0.484 e. The molecule has 114 valence electrons. The number of rotatable bonds is 5. The van der Waals surface area contributed by atoms with Crippen LogP contribution in [0.2, 0.25) is 0 Å². The standard InChI is InChI=1S/C18H19NO3/c20-18(19-12-4-5-13-19)14-21-15-8-10-17(11-9-15)22-16-6-2-1-3-7-16/h1-3,6-11H,4-5,12-14H2. The Bertz CT molecular complexity index is 604. The van der Waals surface area contributed by atoms with Gasteiger partial charge in [0.05, 0.1) is 0 Å². The molecule has 1 aliphatic rings. The Balaban J connectivity index is 1.52. The van der Waals surface area contributed by atoms with Crippen molar-refractivity contribution < 1.29 is 14.3 Å². The Kier molecular flexibility index (Phi) is 4.59. The SMILES string of the molecule is O=C(COc1ccc(Oc2ccccc2)cc1)N1CCCC1. The number of amides is 1. The van der Waals surface area contributed by atoms with Crippen LogP contribution in [0, 0.1) is 0 Å². The fourth-order valence-electron chi connectivity index (χ4n) is 2.43. The number of para-hydroxylation sites is 1. The highest BCUT2D eigenvalue weighted by Gasteiger charge is 2.17. The van der Waals surface area contributed by atoms with Crippen molar-refractivity contribution in [2.24, 2.45) is 0 Å². The van der Waals surface area contributed by atoms with E-state index in [1.54, 1.807) is 0 Å². The second kappa shape index (κ2) is 6.98. The van der Waals surface area contributed by atoms with E-state index in [-0.39, 0.29) is 12.5 Å².